The van der Waals surface area contributed by atoms with E-state index < -0.39 is 7.37 Å². The third-order valence-electron chi connectivity index (χ3n) is 3.50. The zero-order valence-electron chi connectivity index (χ0n) is 12.4. The minimum absolute atomic E-state index is 0.248. The fraction of sp³-hybridized carbons (Fsp3) is 0.294. The molecule has 0 radical (unpaired) electrons. The molecule has 1 N–H and O–H groups in total. The molecule has 0 saturated carbocycles. The Morgan fingerprint density at radius 3 is 2.43 bits per heavy atom. The Labute approximate surface area is 126 Å². The first-order valence-electron chi connectivity index (χ1n) is 7.01. The molecular formula is C17H21O3P. The van der Waals surface area contributed by atoms with E-state index in [9.17, 15) is 9.46 Å². The van der Waals surface area contributed by atoms with Crippen LogP contribution in [0.1, 0.15) is 18.1 Å². The van der Waals surface area contributed by atoms with Gasteiger partial charge in [0.15, 0.2) is 0 Å². The lowest BCUT2D eigenvalue weighted by atomic mass is 10.1. The van der Waals surface area contributed by atoms with Gasteiger partial charge in [-0.3, -0.25) is 4.57 Å². The maximum absolute atomic E-state index is 11.6. The summed E-state index contributed by atoms with van der Waals surface area (Å²) in [5.74, 6) is 0.785. The van der Waals surface area contributed by atoms with Crippen molar-refractivity contribution >= 4 is 7.37 Å². The van der Waals surface area contributed by atoms with Crippen LogP contribution in [0.2, 0.25) is 0 Å². The van der Waals surface area contributed by atoms with E-state index in [0.29, 0.717) is 13.0 Å². The van der Waals surface area contributed by atoms with Gasteiger partial charge in [-0.15, -0.1) is 0 Å². The van der Waals surface area contributed by atoms with E-state index in [-0.39, 0.29) is 5.66 Å². The van der Waals surface area contributed by atoms with Crippen molar-refractivity contribution in [1.82, 2.24) is 0 Å². The van der Waals surface area contributed by atoms with Gasteiger partial charge in [0.1, 0.15) is 12.4 Å². The Kier molecular flexibility index (Phi) is 5.22. The van der Waals surface area contributed by atoms with E-state index in [2.05, 4.69) is 0 Å². The smallest absolute Gasteiger partial charge is 0.200 e. The Hall–Kier alpha value is -1.57. The van der Waals surface area contributed by atoms with Crippen molar-refractivity contribution in [2.45, 2.75) is 25.6 Å². The third kappa shape index (κ3) is 5.04. The predicted octanol–water partition coefficient (Wildman–Crippen LogP) is 4.10. The fourth-order valence-electron chi connectivity index (χ4n) is 2.01. The normalized spacial score (nSPS) is 15.2. The van der Waals surface area contributed by atoms with Crippen LogP contribution in [0, 0.1) is 0 Å². The van der Waals surface area contributed by atoms with Gasteiger partial charge < -0.3 is 9.63 Å². The largest absolute Gasteiger partial charge is 0.489 e. The molecule has 0 aliphatic rings. The van der Waals surface area contributed by atoms with Gasteiger partial charge in [0, 0.05) is 12.3 Å². The summed E-state index contributed by atoms with van der Waals surface area (Å²) in [7, 11) is -3.04. The quantitative estimate of drug-likeness (QED) is 0.817. The summed E-state index contributed by atoms with van der Waals surface area (Å²) in [5.41, 5.74) is 1.88. The maximum Gasteiger partial charge on any atom is 0.200 e. The highest BCUT2D eigenvalue weighted by molar-refractivity contribution is 7.57. The van der Waals surface area contributed by atoms with Gasteiger partial charge in [-0.25, -0.2) is 0 Å². The second kappa shape index (κ2) is 6.93. The van der Waals surface area contributed by atoms with Gasteiger partial charge in [-0.1, -0.05) is 49.4 Å². The molecule has 3 nitrogen and oxygen atoms in total. The highest BCUT2D eigenvalue weighted by atomic mass is 31.2. The Morgan fingerprint density at radius 1 is 1.10 bits per heavy atom. The standard InChI is InChI=1S/C17H21O3P/c1-14(21(2,18)19)11-16-9-6-10-17(12-16)20-13-15-7-4-3-5-8-15/h3-10,12,14H,11,13H2,1-2H3,(H,18,19). The van der Waals surface area contributed by atoms with Crippen LogP contribution in [-0.4, -0.2) is 17.2 Å². The average molecular weight is 304 g/mol. The molecule has 0 fully saturated rings. The monoisotopic (exact) mass is 304 g/mol. The summed E-state index contributed by atoms with van der Waals surface area (Å²) in [5, 5.41) is 0. The first kappa shape index (κ1) is 15.8. The van der Waals surface area contributed by atoms with Crippen LogP contribution in [0.3, 0.4) is 0 Å². The van der Waals surface area contributed by atoms with E-state index >= 15 is 0 Å². The first-order chi connectivity index (χ1) is 9.95. The lowest BCUT2D eigenvalue weighted by Crippen LogP contribution is -2.06. The molecule has 0 aromatic heterocycles. The molecule has 0 bridgehead atoms. The van der Waals surface area contributed by atoms with Crippen LogP contribution in [0.25, 0.3) is 0 Å². The van der Waals surface area contributed by atoms with Crippen molar-refractivity contribution in [1.29, 1.82) is 0 Å². The average Bonchev–Trinajstić information content (AvgIpc) is 2.46. The summed E-state index contributed by atoms with van der Waals surface area (Å²) >= 11 is 0. The number of rotatable bonds is 6. The summed E-state index contributed by atoms with van der Waals surface area (Å²) in [6.07, 6.45) is 0.576. The lowest BCUT2D eigenvalue weighted by Gasteiger charge is -2.15. The van der Waals surface area contributed by atoms with Crippen LogP contribution in [0.4, 0.5) is 0 Å². The molecule has 0 saturated heterocycles. The predicted molar refractivity (Wildman–Crippen MR) is 86.1 cm³/mol. The molecule has 2 unspecified atom stereocenters. The van der Waals surface area contributed by atoms with Gasteiger partial charge in [-0.2, -0.15) is 0 Å². The fourth-order valence-corrected chi connectivity index (χ4v) is 2.56. The highest BCUT2D eigenvalue weighted by Gasteiger charge is 2.20. The SMILES string of the molecule is CC(Cc1cccc(OCc2ccccc2)c1)P(C)(=O)O. The number of hydrogen-bond donors (Lipinski definition) is 1. The van der Waals surface area contributed by atoms with Crippen LogP contribution in [-0.2, 0) is 17.6 Å². The summed E-state index contributed by atoms with van der Waals surface area (Å²) in [4.78, 5) is 9.59. The summed E-state index contributed by atoms with van der Waals surface area (Å²) in [6.45, 7) is 3.73. The second-order valence-corrected chi connectivity index (χ2v) is 8.19. The minimum atomic E-state index is -3.04. The minimum Gasteiger partial charge on any atom is -0.489 e. The number of hydrogen-bond acceptors (Lipinski definition) is 2. The van der Waals surface area contributed by atoms with Gasteiger partial charge in [0.25, 0.3) is 0 Å². The Balaban J connectivity index is 1.99. The zero-order valence-corrected chi connectivity index (χ0v) is 13.3. The molecule has 0 spiro atoms. The van der Waals surface area contributed by atoms with Gasteiger partial charge in [-0.05, 0) is 29.7 Å². The second-order valence-electron chi connectivity index (χ2n) is 5.42. The van der Waals surface area contributed by atoms with Gasteiger partial charge >= 0.3 is 0 Å². The molecule has 2 atom stereocenters. The number of ether oxygens (including phenoxy) is 1. The van der Waals surface area contributed by atoms with E-state index in [4.69, 9.17) is 4.74 Å². The molecular weight excluding hydrogens is 283 g/mol. The summed E-state index contributed by atoms with van der Waals surface area (Å²) < 4.78 is 17.4. The van der Waals surface area contributed by atoms with Crippen LogP contribution >= 0.6 is 7.37 Å². The van der Waals surface area contributed by atoms with Crippen molar-refractivity contribution < 1.29 is 14.2 Å². The molecule has 4 heteroatoms. The zero-order chi connectivity index (χ0) is 15.3. The third-order valence-corrected chi connectivity index (χ3v) is 5.31. The maximum atomic E-state index is 11.6. The first-order valence-corrected chi connectivity index (χ1v) is 9.18. The molecule has 0 aliphatic heterocycles. The van der Waals surface area contributed by atoms with Gasteiger partial charge in [0.05, 0.1) is 0 Å². The topological polar surface area (TPSA) is 46.5 Å². The molecule has 21 heavy (non-hydrogen) atoms. The summed E-state index contributed by atoms with van der Waals surface area (Å²) in [6, 6.07) is 17.7. The van der Waals surface area contributed by atoms with Crippen LogP contribution in [0.15, 0.2) is 54.6 Å². The molecule has 0 amide bonds. The van der Waals surface area contributed by atoms with Gasteiger partial charge in [0.2, 0.25) is 7.37 Å². The number of benzene rings is 2. The van der Waals surface area contributed by atoms with Crippen molar-refractivity contribution in [3.63, 3.8) is 0 Å². The molecule has 0 aliphatic carbocycles. The van der Waals surface area contributed by atoms with E-state index in [1.165, 1.54) is 6.66 Å². The van der Waals surface area contributed by atoms with Crippen molar-refractivity contribution in [3.05, 3.63) is 65.7 Å². The van der Waals surface area contributed by atoms with Crippen molar-refractivity contribution in [2.75, 3.05) is 6.66 Å². The molecule has 2 aromatic rings. The van der Waals surface area contributed by atoms with Crippen molar-refractivity contribution in [2.24, 2.45) is 0 Å². The highest BCUT2D eigenvalue weighted by Crippen LogP contribution is 2.43. The Bertz CT molecular complexity index is 619. The molecule has 2 rings (SSSR count). The van der Waals surface area contributed by atoms with Crippen LogP contribution in [0.5, 0.6) is 5.75 Å². The van der Waals surface area contributed by atoms with E-state index in [1.54, 1.807) is 6.92 Å². The molecule has 2 aromatic carbocycles. The van der Waals surface area contributed by atoms with Crippen molar-refractivity contribution in [3.8, 4) is 5.75 Å². The van der Waals surface area contributed by atoms with E-state index in [1.807, 2.05) is 54.6 Å². The van der Waals surface area contributed by atoms with E-state index in [0.717, 1.165) is 16.9 Å². The lowest BCUT2D eigenvalue weighted by molar-refractivity contribution is 0.306. The Morgan fingerprint density at radius 2 is 1.76 bits per heavy atom. The molecule has 0 heterocycles. The molecule has 112 valence electrons. The van der Waals surface area contributed by atoms with Crippen LogP contribution < -0.4 is 4.74 Å².